The summed E-state index contributed by atoms with van der Waals surface area (Å²) in [6.07, 6.45) is 1.95. The Kier molecular flexibility index (Phi) is 4.48. The zero-order valence-corrected chi connectivity index (χ0v) is 9.07. The normalized spacial score (nSPS) is 15.4. The number of carbonyl (C=O) groups is 2. The van der Waals surface area contributed by atoms with E-state index >= 15 is 0 Å². The molecule has 1 saturated carbocycles. The van der Waals surface area contributed by atoms with Gasteiger partial charge in [0, 0.05) is 19.0 Å². The molecule has 0 bridgehead atoms. The van der Waals surface area contributed by atoms with Crippen molar-refractivity contribution in [1.82, 2.24) is 10.6 Å². The second-order valence-corrected chi connectivity index (χ2v) is 4.25. The van der Waals surface area contributed by atoms with Gasteiger partial charge in [0.25, 0.3) is 5.91 Å². The summed E-state index contributed by atoms with van der Waals surface area (Å²) in [5.41, 5.74) is 0. The van der Waals surface area contributed by atoms with Crippen molar-refractivity contribution in [3.63, 3.8) is 0 Å². The van der Waals surface area contributed by atoms with E-state index in [2.05, 4.69) is 10.6 Å². The first kappa shape index (κ1) is 11.6. The van der Waals surface area contributed by atoms with E-state index in [1.54, 1.807) is 0 Å². The van der Waals surface area contributed by atoms with Crippen LogP contribution in [0.2, 0.25) is 0 Å². The van der Waals surface area contributed by atoms with E-state index in [-0.39, 0.29) is 11.8 Å². The van der Waals surface area contributed by atoms with Crippen molar-refractivity contribution < 1.29 is 9.59 Å². The van der Waals surface area contributed by atoms with Crippen LogP contribution in [0.1, 0.15) is 12.8 Å². The molecular formula is C8H12Cl2N2O2. The van der Waals surface area contributed by atoms with Crippen LogP contribution >= 0.6 is 23.2 Å². The number of nitrogens with one attached hydrogen (secondary N) is 2. The molecule has 4 nitrogen and oxygen atoms in total. The quantitative estimate of drug-likeness (QED) is 0.540. The van der Waals surface area contributed by atoms with Crippen LogP contribution in [0.5, 0.6) is 0 Å². The molecule has 0 saturated heterocycles. The lowest BCUT2D eigenvalue weighted by molar-refractivity contribution is -0.123. The number of alkyl halides is 2. The van der Waals surface area contributed by atoms with Gasteiger partial charge in [-0.1, -0.05) is 23.2 Å². The number of amides is 2. The fraction of sp³-hybridized carbons (Fsp3) is 0.750. The molecular weight excluding hydrogens is 227 g/mol. The summed E-state index contributed by atoms with van der Waals surface area (Å²) in [5, 5.41) is 5.18. The molecule has 1 rings (SSSR count). The zero-order chi connectivity index (χ0) is 10.6. The van der Waals surface area contributed by atoms with Crippen LogP contribution in [-0.2, 0) is 9.59 Å². The van der Waals surface area contributed by atoms with Crippen molar-refractivity contribution in [2.45, 2.75) is 17.7 Å². The highest BCUT2D eigenvalue weighted by Gasteiger charge is 2.28. The predicted molar refractivity (Wildman–Crippen MR) is 54.2 cm³/mol. The lowest BCUT2D eigenvalue weighted by atomic mass is 10.4. The van der Waals surface area contributed by atoms with Crippen LogP contribution in [-0.4, -0.2) is 29.7 Å². The van der Waals surface area contributed by atoms with E-state index in [4.69, 9.17) is 23.2 Å². The van der Waals surface area contributed by atoms with Gasteiger partial charge < -0.3 is 10.6 Å². The Morgan fingerprint density at radius 3 is 2.29 bits per heavy atom. The van der Waals surface area contributed by atoms with Crippen LogP contribution < -0.4 is 10.6 Å². The van der Waals surface area contributed by atoms with Crippen LogP contribution in [0.3, 0.4) is 0 Å². The lowest BCUT2D eigenvalue weighted by Crippen LogP contribution is -2.37. The zero-order valence-electron chi connectivity index (χ0n) is 7.56. The van der Waals surface area contributed by atoms with E-state index in [0.29, 0.717) is 13.1 Å². The van der Waals surface area contributed by atoms with Crippen molar-refractivity contribution in [3.8, 4) is 0 Å². The summed E-state index contributed by atoms with van der Waals surface area (Å²) in [4.78, 5) is 20.9. The SMILES string of the molecule is O=C(NCCNC(=O)C1CC1)C(Cl)Cl. The molecule has 6 heteroatoms. The Balaban J connectivity index is 1.98. The average Bonchev–Trinajstić information content (AvgIpc) is 2.94. The number of halogens is 2. The molecule has 0 aromatic carbocycles. The molecule has 80 valence electrons. The van der Waals surface area contributed by atoms with Crippen LogP contribution in [0.25, 0.3) is 0 Å². The van der Waals surface area contributed by atoms with E-state index < -0.39 is 10.7 Å². The van der Waals surface area contributed by atoms with Crippen molar-refractivity contribution >= 4 is 35.0 Å². The van der Waals surface area contributed by atoms with E-state index in [9.17, 15) is 9.59 Å². The highest BCUT2D eigenvalue weighted by molar-refractivity contribution is 6.53. The van der Waals surface area contributed by atoms with E-state index in [1.165, 1.54) is 0 Å². The number of hydrogen-bond donors (Lipinski definition) is 2. The lowest BCUT2D eigenvalue weighted by Gasteiger charge is -2.06. The molecule has 0 heterocycles. The summed E-state index contributed by atoms with van der Waals surface area (Å²) in [6.45, 7) is 0.773. The van der Waals surface area contributed by atoms with Crippen LogP contribution in [0.15, 0.2) is 0 Å². The minimum Gasteiger partial charge on any atom is -0.354 e. The Morgan fingerprint density at radius 1 is 1.21 bits per heavy atom. The molecule has 2 N–H and O–H groups in total. The maximum Gasteiger partial charge on any atom is 0.253 e. The van der Waals surface area contributed by atoms with Gasteiger partial charge in [-0.3, -0.25) is 9.59 Å². The van der Waals surface area contributed by atoms with Crippen LogP contribution in [0.4, 0.5) is 0 Å². The third kappa shape index (κ3) is 4.15. The highest BCUT2D eigenvalue weighted by Crippen LogP contribution is 2.28. The molecule has 2 amide bonds. The topological polar surface area (TPSA) is 58.2 Å². The molecule has 0 aromatic rings. The summed E-state index contributed by atoms with van der Waals surface area (Å²) >= 11 is 10.6. The summed E-state index contributed by atoms with van der Waals surface area (Å²) in [7, 11) is 0. The Hall–Kier alpha value is -0.480. The molecule has 0 radical (unpaired) electrons. The van der Waals surface area contributed by atoms with Crippen LogP contribution in [0, 0.1) is 5.92 Å². The fourth-order valence-electron chi connectivity index (χ4n) is 0.938. The summed E-state index contributed by atoms with van der Waals surface area (Å²) < 4.78 is 0. The van der Waals surface area contributed by atoms with E-state index in [0.717, 1.165) is 12.8 Å². The minimum absolute atomic E-state index is 0.0625. The second kappa shape index (κ2) is 5.41. The summed E-state index contributed by atoms with van der Waals surface area (Å²) in [6, 6.07) is 0. The first-order chi connectivity index (χ1) is 6.61. The van der Waals surface area contributed by atoms with Crippen molar-refractivity contribution in [2.24, 2.45) is 5.92 Å². The van der Waals surface area contributed by atoms with Gasteiger partial charge in [-0.05, 0) is 12.8 Å². The van der Waals surface area contributed by atoms with E-state index in [1.807, 2.05) is 0 Å². The molecule has 0 unspecified atom stereocenters. The van der Waals surface area contributed by atoms with Gasteiger partial charge >= 0.3 is 0 Å². The van der Waals surface area contributed by atoms with Gasteiger partial charge in [-0.25, -0.2) is 0 Å². The molecule has 0 aromatic heterocycles. The summed E-state index contributed by atoms with van der Waals surface area (Å²) in [5.74, 6) is -0.180. The largest absolute Gasteiger partial charge is 0.354 e. The maximum atomic E-state index is 11.1. The predicted octanol–water partition coefficient (Wildman–Crippen LogP) is 0.432. The standard InChI is InChI=1S/C8H12Cl2N2O2/c9-6(10)8(14)12-4-3-11-7(13)5-1-2-5/h5-6H,1-4H2,(H,11,13)(H,12,14). The maximum absolute atomic E-state index is 11.1. The second-order valence-electron chi connectivity index (χ2n) is 3.16. The smallest absolute Gasteiger partial charge is 0.253 e. The fourth-order valence-corrected chi connectivity index (χ4v) is 1.09. The highest BCUT2D eigenvalue weighted by atomic mass is 35.5. The number of hydrogen-bond acceptors (Lipinski definition) is 2. The van der Waals surface area contributed by atoms with Gasteiger partial charge in [0.15, 0.2) is 4.84 Å². The first-order valence-corrected chi connectivity index (χ1v) is 5.32. The molecule has 0 atom stereocenters. The van der Waals surface area contributed by atoms with Gasteiger partial charge in [-0.2, -0.15) is 0 Å². The third-order valence-electron chi connectivity index (χ3n) is 1.87. The van der Waals surface area contributed by atoms with Gasteiger partial charge in [-0.15, -0.1) is 0 Å². The molecule has 1 fully saturated rings. The Bertz CT molecular complexity index is 213. The minimum atomic E-state index is -1.05. The Morgan fingerprint density at radius 2 is 1.79 bits per heavy atom. The molecule has 0 aliphatic heterocycles. The first-order valence-electron chi connectivity index (χ1n) is 4.45. The van der Waals surface area contributed by atoms with Crippen molar-refractivity contribution in [3.05, 3.63) is 0 Å². The van der Waals surface area contributed by atoms with Crippen molar-refractivity contribution in [2.75, 3.05) is 13.1 Å². The molecule has 1 aliphatic carbocycles. The van der Waals surface area contributed by atoms with Gasteiger partial charge in [0.2, 0.25) is 5.91 Å². The molecule has 1 aliphatic rings. The molecule has 14 heavy (non-hydrogen) atoms. The average molecular weight is 239 g/mol. The third-order valence-corrected chi connectivity index (χ3v) is 2.27. The monoisotopic (exact) mass is 238 g/mol. The van der Waals surface area contributed by atoms with Gasteiger partial charge in [0.1, 0.15) is 0 Å². The van der Waals surface area contributed by atoms with Gasteiger partial charge in [0.05, 0.1) is 0 Å². The number of carbonyl (C=O) groups excluding carboxylic acids is 2. The van der Waals surface area contributed by atoms with Crippen molar-refractivity contribution in [1.29, 1.82) is 0 Å². The molecule has 0 spiro atoms. The Labute approximate surface area is 92.3 Å². The number of rotatable bonds is 5.